The molecule has 0 bridgehead atoms. The lowest BCUT2D eigenvalue weighted by molar-refractivity contribution is -0.277. The maximum absolute atomic E-state index is 12.2. The van der Waals surface area contributed by atoms with Crippen LogP contribution in [0.2, 0.25) is 0 Å². The predicted molar refractivity (Wildman–Crippen MR) is 105 cm³/mol. The van der Waals surface area contributed by atoms with Gasteiger partial charge in [0.05, 0.1) is 18.6 Å². The van der Waals surface area contributed by atoms with E-state index < -0.39 is 66.9 Å². The Kier molecular flexibility index (Phi) is 5.88. The van der Waals surface area contributed by atoms with Crippen LogP contribution >= 0.6 is 0 Å². The Bertz CT molecular complexity index is 1030. The molecule has 1 aromatic carbocycles. The number of benzene rings is 1. The highest BCUT2D eigenvalue weighted by Crippen LogP contribution is 2.54. The van der Waals surface area contributed by atoms with Crippen molar-refractivity contribution in [3.05, 3.63) is 23.8 Å². The van der Waals surface area contributed by atoms with Gasteiger partial charge in [-0.3, -0.25) is 14.4 Å². The SMILES string of the molecule is O=C(O)CCC12CC(=O)C(=O)C=C1c1c(O[C@@H]3O[C@H](CO)[C@@H](O)[C@H](O)[C@H]3O)cc(O)cc1O2. The quantitative estimate of drug-likeness (QED) is 0.265. The molecule has 1 aliphatic carbocycles. The van der Waals surface area contributed by atoms with E-state index in [1.165, 1.54) is 6.07 Å². The first kappa shape index (κ1) is 23.1. The molecule has 2 heterocycles. The molecule has 12 nitrogen and oxygen atoms in total. The van der Waals surface area contributed by atoms with Gasteiger partial charge in [-0.2, -0.15) is 0 Å². The highest BCUT2D eigenvalue weighted by molar-refractivity contribution is 6.44. The number of Topliss-reactive ketones (excluding diaryl/α,β-unsaturated/α-hetero) is 1. The lowest BCUT2D eigenvalue weighted by Gasteiger charge is -2.39. The second-order valence-electron chi connectivity index (χ2n) is 8.14. The lowest BCUT2D eigenvalue weighted by atomic mass is 9.77. The molecule has 0 aromatic heterocycles. The van der Waals surface area contributed by atoms with Crippen LogP contribution < -0.4 is 9.47 Å². The van der Waals surface area contributed by atoms with Gasteiger partial charge < -0.3 is 44.8 Å². The molecule has 6 N–H and O–H groups in total. The standard InChI is InChI=1S/C21H22O12/c22-7-14-17(28)18(29)19(30)20(32-14)31-12-3-8(23)4-13-16(12)9-5-10(24)11(25)6-21(9,33-13)2-1-15(26)27/h3-5,14,17-20,22-23,28-30H,1-2,6-7H2,(H,26,27)/t14-,17-,18+,19-,20-,21?/m1/s1. The third kappa shape index (κ3) is 3.96. The van der Waals surface area contributed by atoms with Crippen LogP contribution in [0.5, 0.6) is 17.2 Å². The summed E-state index contributed by atoms with van der Waals surface area (Å²) in [5.41, 5.74) is -1.17. The number of aliphatic hydroxyl groups excluding tert-OH is 4. The summed E-state index contributed by atoms with van der Waals surface area (Å²) in [6.45, 7) is -0.688. The number of ether oxygens (including phenoxy) is 3. The first-order valence-electron chi connectivity index (χ1n) is 10.1. The van der Waals surface area contributed by atoms with Crippen molar-refractivity contribution >= 4 is 23.1 Å². The first-order valence-corrected chi connectivity index (χ1v) is 10.1. The molecule has 0 saturated carbocycles. The number of phenolic OH excluding ortho intramolecular Hbond substituents is 1. The average Bonchev–Trinajstić information content (AvgIpc) is 3.06. The van der Waals surface area contributed by atoms with Gasteiger partial charge in [0.2, 0.25) is 17.9 Å². The normalized spacial score (nSPS) is 33.1. The molecule has 3 aliphatic rings. The number of phenols is 1. The van der Waals surface area contributed by atoms with E-state index in [0.717, 1.165) is 12.1 Å². The number of aliphatic hydroxyl groups is 4. The van der Waals surface area contributed by atoms with Crippen molar-refractivity contribution in [3.8, 4) is 17.2 Å². The van der Waals surface area contributed by atoms with Crippen molar-refractivity contribution in [1.82, 2.24) is 0 Å². The Balaban J connectivity index is 1.75. The van der Waals surface area contributed by atoms with Gasteiger partial charge in [-0.15, -0.1) is 0 Å². The van der Waals surface area contributed by atoms with Crippen LogP contribution in [0, 0.1) is 0 Å². The van der Waals surface area contributed by atoms with Crippen LogP contribution in [0.3, 0.4) is 0 Å². The van der Waals surface area contributed by atoms with Crippen LogP contribution in [-0.4, -0.2) is 91.1 Å². The molecule has 1 aromatic rings. The number of carbonyl (C=O) groups is 3. The fourth-order valence-electron chi connectivity index (χ4n) is 4.27. The van der Waals surface area contributed by atoms with Crippen LogP contribution in [-0.2, 0) is 19.1 Å². The average molecular weight is 466 g/mol. The van der Waals surface area contributed by atoms with Crippen molar-refractivity contribution in [2.24, 2.45) is 0 Å². The maximum atomic E-state index is 12.2. The van der Waals surface area contributed by atoms with E-state index in [-0.39, 0.29) is 41.2 Å². The molecule has 0 radical (unpaired) electrons. The number of carboxylic acid groups (broad SMARTS) is 1. The fraction of sp³-hybridized carbons (Fsp3) is 0.476. The maximum Gasteiger partial charge on any atom is 0.303 e. The molecule has 2 aliphatic heterocycles. The van der Waals surface area contributed by atoms with Gasteiger partial charge in [-0.25, -0.2) is 0 Å². The van der Waals surface area contributed by atoms with E-state index in [2.05, 4.69) is 0 Å². The van der Waals surface area contributed by atoms with Crippen LogP contribution in [0.15, 0.2) is 18.2 Å². The van der Waals surface area contributed by atoms with Gasteiger partial charge in [0.25, 0.3) is 0 Å². The van der Waals surface area contributed by atoms with E-state index in [1.54, 1.807) is 0 Å². The minimum atomic E-state index is -1.75. The molecule has 0 amide bonds. The Morgan fingerprint density at radius 3 is 2.55 bits per heavy atom. The largest absolute Gasteiger partial charge is 0.508 e. The van der Waals surface area contributed by atoms with E-state index in [4.69, 9.17) is 19.3 Å². The summed E-state index contributed by atoms with van der Waals surface area (Å²) < 4.78 is 16.9. The van der Waals surface area contributed by atoms with Gasteiger partial charge in [-0.05, 0) is 6.08 Å². The Labute approximate surface area is 186 Å². The van der Waals surface area contributed by atoms with Crippen molar-refractivity contribution in [3.63, 3.8) is 0 Å². The second kappa shape index (κ2) is 8.39. The summed E-state index contributed by atoms with van der Waals surface area (Å²) in [6.07, 6.45) is -7.84. The zero-order chi connectivity index (χ0) is 24.1. The lowest BCUT2D eigenvalue weighted by Crippen LogP contribution is -2.60. The van der Waals surface area contributed by atoms with E-state index in [1.807, 2.05) is 0 Å². The monoisotopic (exact) mass is 466 g/mol. The van der Waals surface area contributed by atoms with E-state index in [0.29, 0.717) is 0 Å². The zero-order valence-electron chi connectivity index (χ0n) is 17.1. The Morgan fingerprint density at radius 1 is 1.15 bits per heavy atom. The van der Waals surface area contributed by atoms with Gasteiger partial charge in [0.1, 0.15) is 47.3 Å². The zero-order valence-corrected chi connectivity index (χ0v) is 17.1. The summed E-state index contributed by atoms with van der Waals surface area (Å²) >= 11 is 0. The van der Waals surface area contributed by atoms with Crippen molar-refractivity contribution in [1.29, 1.82) is 0 Å². The molecule has 4 rings (SSSR count). The molecule has 1 saturated heterocycles. The number of hydrogen-bond donors (Lipinski definition) is 6. The first-order chi connectivity index (χ1) is 15.6. The predicted octanol–water partition coefficient (Wildman–Crippen LogP) is -1.51. The molecule has 1 unspecified atom stereocenters. The van der Waals surface area contributed by atoms with Crippen molar-refractivity contribution in [2.45, 2.75) is 55.6 Å². The highest BCUT2D eigenvalue weighted by Gasteiger charge is 2.52. The topological polar surface area (TPSA) is 200 Å². The number of fused-ring (bicyclic) bond motifs is 3. The number of aliphatic carboxylic acids is 1. The molecular formula is C21H22O12. The van der Waals surface area contributed by atoms with Crippen molar-refractivity contribution in [2.75, 3.05) is 6.61 Å². The number of allylic oxidation sites excluding steroid dienone is 1. The number of hydrogen-bond acceptors (Lipinski definition) is 11. The third-order valence-electron chi connectivity index (χ3n) is 5.95. The summed E-state index contributed by atoms with van der Waals surface area (Å²) in [7, 11) is 0. The summed E-state index contributed by atoms with van der Waals surface area (Å²) in [5, 5.41) is 58.9. The third-order valence-corrected chi connectivity index (χ3v) is 5.95. The summed E-state index contributed by atoms with van der Waals surface area (Å²) in [4.78, 5) is 35.5. The summed E-state index contributed by atoms with van der Waals surface area (Å²) in [5.74, 6) is -3.22. The number of carboxylic acids is 1. The second-order valence-corrected chi connectivity index (χ2v) is 8.14. The number of carbonyl (C=O) groups excluding carboxylic acids is 2. The fourth-order valence-corrected chi connectivity index (χ4v) is 4.27. The van der Waals surface area contributed by atoms with Crippen molar-refractivity contribution < 1.29 is 59.2 Å². The van der Waals surface area contributed by atoms with Gasteiger partial charge in [0.15, 0.2) is 0 Å². The summed E-state index contributed by atoms with van der Waals surface area (Å²) in [6, 6.07) is 2.32. The van der Waals surface area contributed by atoms with Crippen LogP contribution in [0.1, 0.15) is 24.8 Å². The van der Waals surface area contributed by atoms with E-state index in [9.17, 15) is 39.9 Å². The molecule has 178 valence electrons. The molecule has 12 heteroatoms. The number of ketones is 2. The van der Waals surface area contributed by atoms with E-state index >= 15 is 0 Å². The minimum Gasteiger partial charge on any atom is -0.508 e. The van der Waals surface area contributed by atoms with Gasteiger partial charge >= 0.3 is 5.97 Å². The molecule has 1 fully saturated rings. The molecule has 33 heavy (non-hydrogen) atoms. The molecule has 0 spiro atoms. The van der Waals surface area contributed by atoms with Gasteiger partial charge in [0, 0.05) is 30.5 Å². The smallest absolute Gasteiger partial charge is 0.303 e. The van der Waals surface area contributed by atoms with Gasteiger partial charge in [-0.1, -0.05) is 0 Å². The highest BCUT2D eigenvalue weighted by atomic mass is 16.7. The number of aromatic hydroxyl groups is 1. The Hall–Kier alpha value is -3.03. The van der Waals surface area contributed by atoms with Crippen LogP contribution in [0.4, 0.5) is 0 Å². The minimum absolute atomic E-state index is 0.00808. The molecule has 6 atom stereocenters. The van der Waals surface area contributed by atoms with Crippen LogP contribution in [0.25, 0.3) is 5.57 Å². The number of rotatable bonds is 6. The Morgan fingerprint density at radius 2 is 1.88 bits per heavy atom. The molecular weight excluding hydrogens is 444 g/mol.